The van der Waals surface area contributed by atoms with Crippen molar-refractivity contribution in [3.05, 3.63) is 64.7 Å². The number of ether oxygens (including phenoxy) is 2. The van der Waals surface area contributed by atoms with Gasteiger partial charge >= 0.3 is 5.69 Å². The molecule has 4 rings (SSSR count). The van der Waals surface area contributed by atoms with Crippen molar-refractivity contribution < 1.29 is 19.1 Å². The summed E-state index contributed by atoms with van der Waals surface area (Å²) in [6.07, 6.45) is 2.25. The number of aromatic nitrogens is 4. The van der Waals surface area contributed by atoms with E-state index in [1.807, 2.05) is 6.92 Å². The number of nitrogens with one attached hydrogen (secondary N) is 3. The van der Waals surface area contributed by atoms with Gasteiger partial charge in [-0.15, -0.1) is 0 Å². The molecule has 2 heterocycles. The summed E-state index contributed by atoms with van der Waals surface area (Å²) in [6, 6.07) is 14.3. The lowest BCUT2D eigenvalue weighted by molar-refractivity contribution is -0.119. The summed E-state index contributed by atoms with van der Waals surface area (Å²) in [5.41, 5.74) is 6.44. The summed E-state index contributed by atoms with van der Waals surface area (Å²) in [5.74, 6) is 0.808. The minimum atomic E-state index is -0.480. The predicted octanol–water partition coefficient (Wildman–Crippen LogP) is 2.16. The number of imidazole rings is 1. The number of unbranched alkanes of at least 4 members (excludes halogenated alkanes) is 2. The van der Waals surface area contributed by atoms with Gasteiger partial charge < -0.3 is 30.8 Å². The monoisotopic (exact) mass is 547 g/mol. The quantitative estimate of drug-likeness (QED) is 0.185. The van der Waals surface area contributed by atoms with Crippen molar-refractivity contribution in [2.45, 2.75) is 26.2 Å². The van der Waals surface area contributed by atoms with Crippen LogP contribution in [0, 0.1) is 0 Å². The second-order valence-electron chi connectivity index (χ2n) is 8.86. The minimum Gasteiger partial charge on any atom is -0.495 e. The first-order chi connectivity index (χ1) is 19.5. The van der Waals surface area contributed by atoms with Crippen molar-refractivity contribution in [1.82, 2.24) is 30.2 Å². The average Bonchev–Trinajstić information content (AvgIpc) is 3.31. The Balaban J connectivity index is 1.66. The minimum absolute atomic E-state index is 0.0387. The first kappa shape index (κ1) is 28.3. The van der Waals surface area contributed by atoms with E-state index >= 15 is 0 Å². The summed E-state index contributed by atoms with van der Waals surface area (Å²) in [4.78, 5) is 49.7. The fourth-order valence-corrected chi connectivity index (χ4v) is 4.20. The maximum Gasteiger partial charge on any atom is 0.332 e. The number of para-hydroxylation sites is 2. The number of H-pyrrole nitrogens is 1. The first-order valence-corrected chi connectivity index (χ1v) is 13.1. The molecule has 0 saturated carbocycles. The Bertz CT molecular complexity index is 1530. The molecular formula is C28H33N7O5. The molecule has 0 bridgehead atoms. The zero-order valence-corrected chi connectivity index (χ0v) is 22.5. The number of methoxy groups -OCH3 is 1. The number of fused-ring (bicyclic) bond motifs is 1. The summed E-state index contributed by atoms with van der Waals surface area (Å²) in [6.45, 7) is 3.31. The van der Waals surface area contributed by atoms with E-state index in [0.717, 1.165) is 12.8 Å². The van der Waals surface area contributed by atoms with E-state index in [1.165, 1.54) is 11.7 Å². The Kier molecular flexibility index (Phi) is 9.47. The molecule has 0 aliphatic rings. The Morgan fingerprint density at radius 2 is 1.73 bits per heavy atom. The van der Waals surface area contributed by atoms with Crippen LogP contribution in [-0.2, 0) is 4.79 Å². The third kappa shape index (κ3) is 6.46. The van der Waals surface area contributed by atoms with E-state index < -0.39 is 11.6 Å². The third-order valence-electron chi connectivity index (χ3n) is 6.15. The van der Waals surface area contributed by atoms with Crippen molar-refractivity contribution >= 4 is 23.0 Å². The summed E-state index contributed by atoms with van der Waals surface area (Å²) >= 11 is 0. The van der Waals surface area contributed by atoms with E-state index in [4.69, 9.17) is 15.2 Å². The molecular weight excluding hydrogens is 514 g/mol. The van der Waals surface area contributed by atoms with E-state index in [-0.39, 0.29) is 35.1 Å². The van der Waals surface area contributed by atoms with E-state index in [2.05, 4.69) is 25.6 Å². The smallest absolute Gasteiger partial charge is 0.332 e. The zero-order valence-electron chi connectivity index (χ0n) is 22.5. The number of carbonyl (C=O) groups excluding carboxylic acids is 2. The molecule has 0 aliphatic heterocycles. The van der Waals surface area contributed by atoms with Crippen molar-refractivity contribution in [2.75, 3.05) is 33.4 Å². The van der Waals surface area contributed by atoms with Crippen LogP contribution in [0.4, 0.5) is 0 Å². The molecule has 2 amide bonds. The Hall–Kier alpha value is -4.71. The number of carbonyl (C=O) groups is 2. The predicted molar refractivity (Wildman–Crippen MR) is 151 cm³/mol. The van der Waals surface area contributed by atoms with Crippen LogP contribution in [0.5, 0.6) is 11.5 Å². The highest BCUT2D eigenvalue weighted by Gasteiger charge is 2.22. The molecule has 0 radical (unpaired) electrons. The second-order valence-corrected chi connectivity index (χ2v) is 8.86. The molecule has 5 N–H and O–H groups in total. The summed E-state index contributed by atoms with van der Waals surface area (Å²) in [5, 5.41) is 5.60. The zero-order chi connectivity index (χ0) is 28.5. The highest BCUT2D eigenvalue weighted by atomic mass is 16.5. The van der Waals surface area contributed by atoms with Crippen molar-refractivity contribution in [3.63, 3.8) is 0 Å². The molecule has 0 spiro atoms. The van der Waals surface area contributed by atoms with E-state index in [1.54, 1.807) is 48.5 Å². The molecule has 210 valence electrons. The molecule has 0 saturated heterocycles. The molecule has 40 heavy (non-hydrogen) atoms. The van der Waals surface area contributed by atoms with Gasteiger partial charge in [0.05, 0.1) is 25.9 Å². The van der Waals surface area contributed by atoms with Gasteiger partial charge in [0.15, 0.2) is 17.2 Å². The van der Waals surface area contributed by atoms with Crippen LogP contribution >= 0.6 is 0 Å². The van der Waals surface area contributed by atoms with Gasteiger partial charge in [-0.1, -0.05) is 12.1 Å². The molecule has 0 aliphatic carbocycles. The highest BCUT2D eigenvalue weighted by molar-refractivity contribution is 6.03. The normalized spacial score (nSPS) is 10.9. The lowest BCUT2D eigenvalue weighted by Crippen LogP contribution is -2.31. The number of aromatic amines is 1. The highest BCUT2D eigenvalue weighted by Crippen LogP contribution is 2.27. The fourth-order valence-electron chi connectivity index (χ4n) is 4.20. The SMILES string of the molecule is CCOc1ccc(-c2nc(C(=O)NCCCCCNC(=O)CN)c3[nH]c(=O)n(-c4ccccc4OC)c3n2)cc1. The standard InChI is InChI=1S/C28H33N7O5/c1-3-40-19-13-11-18(12-14-19)25-32-24(27(37)31-16-8-4-7-15-30-22(36)17-29)23-26(34-25)35(28(38)33-23)20-9-5-6-10-21(20)39-2/h5-6,9-14H,3-4,7-8,15-17,29H2,1-2H3,(H,30,36)(H,31,37)(H,33,38). The van der Waals surface area contributed by atoms with Gasteiger partial charge in [-0.2, -0.15) is 0 Å². The Labute approximate surface area is 230 Å². The van der Waals surface area contributed by atoms with Gasteiger partial charge in [-0.3, -0.25) is 9.59 Å². The molecule has 12 nitrogen and oxygen atoms in total. The average molecular weight is 548 g/mol. The molecule has 0 unspecified atom stereocenters. The molecule has 4 aromatic rings. The van der Waals surface area contributed by atoms with Crippen LogP contribution in [0.2, 0.25) is 0 Å². The molecule has 12 heteroatoms. The lowest BCUT2D eigenvalue weighted by Gasteiger charge is -2.11. The van der Waals surface area contributed by atoms with Gasteiger partial charge in [0.2, 0.25) is 5.91 Å². The molecule has 2 aromatic carbocycles. The Morgan fingerprint density at radius 3 is 2.42 bits per heavy atom. The fraction of sp³-hybridized carbons (Fsp3) is 0.321. The number of rotatable bonds is 13. The van der Waals surface area contributed by atoms with Crippen molar-refractivity contribution in [2.24, 2.45) is 5.73 Å². The largest absolute Gasteiger partial charge is 0.495 e. The van der Waals surface area contributed by atoms with Gasteiger partial charge in [-0.05, 0) is 62.6 Å². The van der Waals surface area contributed by atoms with Crippen molar-refractivity contribution in [3.8, 4) is 28.6 Å². The number of hydrogen-bond acceptors (Lipinski definition) is 8. The van der Waals surface area contributed by atoms with Crippen LogP contribution in [-0.4, -0.2) is 64.7 Å². The van der Waals surface area contributed by atoms with Gasteiger partial charge in [-0.25, -0.2) is 19.3 Å². The van der Waals surface area contributed by atoms with Crippen LogP contribution in [0.1, 0.15) is 36.7 Å². The number of hydrogen-bond donors (Lipinski definition) is 4. The lowest BCUT2D eigenvalue weighted by atomic mass is 10.2. The first-order valence-electron chi connectivity index (χ1n) is 13.1. The Morgan fingerprint density at radius 1 is 1.00 bits per heavy atom. The van der Waals surface area contributed by atoms with Crippen LogP contribution in [0.25, 0.3) is 28.2 Å². The van der Waals surface area contributed by atoms with Crippen LogP contribution < -0.4 is 31.5 Å². The maximum atomic E-state index is 13.3. The van der Waals surface area contributed by atoms with Gasteiger partial charge in [0.25, 0.3) is 5.91 Å². The van der Waals surface area contributed by atoms with Crippen LogP contribution in [0.3, 0.4) is 0 Å². The summed E-state index contributed by atoms with van der Waals surface area (Å²) in [7, 11) is 1.52. The molecule has 2 aromatic heterocycles. The van der Waals surface area contributed by atoms with E-state index in [0.29, 0.717) is 48.9 Å². The maximum absolute atomic E-state index is 13.3. The van der Waals surface area contributed by atoms with Gasteiger partial charge in [0, 0.05) is 18.7 Å². The number of nitrogens with two attached hydrogens (primary N) is 1. The topological polar surface area (TPSA) is 166 Å². The van der Waals surface area contributed by atoms with Gasteiger partial charge in [0.1, 0.15) is 17.0 Å². The summed E-state index contributed by atoms with van der Waals surface area (Å²) < 4.78 is 12.4. The second kappa shape index (κ2) is 13.4. The molecule has 0 atom stereocenters. The number of benzene rings is 2. The van der Waals surface area contributed by atoms with Crippen molar-refractivity contribution in [1.29, 1.82) is 0 Å². The van der Waals surface area contributed by atoms with Crippen LogP contribution in [0.15, 0.2) is 53.3 Å². The third-order valence-corrected chi connectivity index (χ3v) is 6.15. The molecule has 0 fully saturated rings. The number of amides is 2. The number of nitrogens with zero attached hydrogens (tertiary/aromatic N) is 3. The van der Waals surface area contributed by atoms with E-state index in [9.17, 15) is 14.4 Å².